The molecule has 6 heteroatoms. The Hall–Kier alpha value is -2.27. The Labute approximate surface area is 138 Å². The highest BCUT2D eigenvalue weighted by Crippen LogP contribution is 2.28. The van der Waals surface area contributed by atoms with Crippen LogP contribution in [0.5, 0.6) is 0 Å². The van der Waals surface area contributed by atoms with Gasteiger partial charge in [0.25, 0.3) is 5.91 Å². The summed E-state index contributed by atoms with van der Waals surface area (Å²) in [5.41, 5.74) is 2.96. The van der Waals surface area contributed by atoms with Gasteiger partial charge in [-0.25, -0.2) is 0 Å². The highest BCUT2D eigenvalue weighted by atomic mass is 35.5. The SMILES string of the molecule is Cc1noc(C)c1C(C)CNC(=O)c1ccc(Cl)c2occc12. The molecular formula is C17H17ClN2O3. The maximum atomic E-state index is 12.5. The number of aryl methyl sites for hydroxylation is 2. The first-order valence-corrected chi connectivity index (χ1v) is 7.73. The summed E-state index contributed by atoms with van der Waals surface area (Å²) < 4.78 is 10.5. The monoisotopic (exact) mass is 332 g/mol. The average Bonchev–Trinajstić information content (AvgIpc) is 3.13. The molecule has 1 aromatic carbocycles. The first-order valence-electron chi connectivity index (χ1n) is 7.35. The Morgan fingerprint density at radius 3 is 2.83 bits per heavy atom. The molecule has 0 bridgehead atoms. The second-order valence-electron chi connectivity index (χ2n) is 5.61. The number of aromatic nitrogens is 1. The van der Waals surface area contributed by atoms with Crippen LogP contribution in [0, 0.1) is 13.8 Å². The van der Waals surface area contributed by atoms with Crippen molar-refractivity contribution in [2.24, 2.45) is 0 Å². The molecule has 0 spiro atoms. The zero-order valence-corrected chi connectivity index (χ0v) is 13.9. The predicted octanol–water partition coefficient (Wildman–Crippen LogP) is 4.22. The maximum Gasteiger partial charge on any atom is 0.252 e. The Morgan fingerprint density at radius 2 is 2.13 bits per heavy atom. The van der Waals surface area contributed by atoms with E-state index in [4.69, 9.17) is 20.5 Å². The number of hydrogen-bond donors (Lipinski definition) is 1. The van der Waals surface area contributed by atoms with E-state index in [1.165, 1.54) is 6.26 Å². The molecule has 120 valence electrons. The summed E-state index contributed by atoms with van der Waals surface area (Å²) in [5, 5.41) is 8.10. The number of halogens is 1. The van der Waals surface area contributed by atoms with Crippen molar-refractivity contribution in [2.45, 2.75) is 26.7 Å². The minimum atomic E-state index is -0.160. The van der Waals surface area contributed by atoms with E-state index in [1.54, 1.807) is 18.2 Å². The molecule has 23 heavy (non-hydrogen) atoms. The lowest BCUT2D eigenvalue weighted by atomic mass is 9.99. The number of furan rings is 1. The van der Waals surface area contributed by atoms with Crippen LogP contribution in [0.3, 0.4) is 0 Å². The molecule has 0 aliphatic heterocycles. The van der Waals surface area contributed by atoms with Crippen LogP contribution in [-0.2, 0) is 0 Å². The fourth-order valence-electron chi connectivity index (χ4n) is 2.86. The number of benzene rings is 1. The lowest BCUT2D eigenvalue weighted by Gasteiger charge is -2.13. The normalized spacial score (nSPS) is 12.5. The topological polar surface area (TPSA) is 68.3 Å². The summed E-state index contributed by atoms with van der Waals surface area (Å²) in [4.78, 5) is 12.5. The van der Waals surface area contributed by atoms with Gasteiger partial charge in [0, 0.05) is 23.4 Å². The summed E-state index contributed by atoms with van der Waals surface area (Å²) in [6.45, 7) is 6.30. The second-order valence-corrected chi connectivity index (χ2v) is 6.01. The minimum Gasteiger partial charge on any atom is -0.463 e. The third-order valence-corrected chi connectivity index (χ3v) is 4.26. The fourth-order valence-corrected chi connectivity index (χ4v) is 3.07. The standard InChI is InChI=1S/C17H17ClN2O3/c1-9(15-10(2)20-23-11(15)3)8-19-17(21)13-4-5-14(18)16-12(13)6-7-22-16/h4-7,9H,8H2,1-3H3,(H,19,21). The second kappa shape index (κ2) is 6.08. The van der Waals surface area contributed by atoms with Gasteiger partial charge >= 0.3 is 0 Å². The van der Waals surface area contributed by atoms with Crippen LogP contribution in [0.25, 0.3) is 11.0 Å². The van der Waals surface area contributed by atoms with Crippen molar-refractivity contribution >= 4 is 28.5 Å². The van der Waals surface area contributed by atoms with Crippen LogP contribution in [0.4, 0.5) is 0 Å². The Balaban J connectivity index is 1.77. The molecule has 1 N–H and O–H groups in total. The first-order chi connectivity index (χ1) is 11.0. The predicted molar refractivity (Wildman–Crippen MR) is 87.9 cm³/mol. The van der Waals surface area contributed by atoms with Crippen molar-refractivity contribution in [3.8, 4) is 0 Å². The van der Waals surface area contributed by atoms with Crippen molar-refractivity contribution in [1.29, 1.82) is 0 Å². The van der Waals surface area contributed by atoms with Gasteiger partial charge in [-0.2, -0.15) is 0 Å². The molecule has 3 aromatic rings. The van der Waals surface area contributed by atoms with Gasteiger partial charge in [0.2, 0.25) is 0 Å². The number of nitrogens with zero attached hydrogens (tertiary/aromatic N) is 1. The Bertz CT molecular complexity index is 846. The number of rotatable bonds is 4. The van der Waals surface area contributed by atoms with E-state index in [9.17, 15) is 4.79 Å². The van der Waals surface area contributed by atoms with Crippen molar-refractivity contribution in [1.82, 2.24) is 10.5 Å². The van der Waals surface area contributed by atoms with Gasteiger partial charge in [-0.3, -0.25) is 4.79 Å². The van der Waals surface area contributed by atoms with Crippen molar-refractivity contribution in [3.63, 3.8) is 0 Å². The number of nitrogens with one attached hydrogen (secondary N) is 1. The van der Waals surface area contributed by atoms with Crippen molar-refractivity contribution in [2.75, 3.05) is 6.54 Å². The third kappa shape index (κ3) is 2.84. The van der Waals surface area contributed by atoms with E-state index >= 15 is 0 Å². The van der Waals surface area contributed by atoms with Gasteiger partial charge in [0.15, 0.2) is 5.58 Å². The summed E-state index contributed by atoms with van der Waals surface area (Å²) >= 11 is 6.06. The molecule has 0 saturated heterocycles. The molecule has 2 heterocycles. The smallest absolute Gasteiger partial charge is 0.252 e. The summed E-state index contributed by atoms with van der Waals surface area (Å²) in [6.07, 6.45) is 1.53. The molecule has 0 saturated carbocycles. The molecule has 3 rings (SSSR count). The third-order valence-electron chi connectivity index (χ3n) is 3.96. The highest BCUT2D eigenvalue weighted by Gasteiger charge is 2.19. The summed E-state index contributed by atoms with van der Waals surface area (Å²) in [7, 11) is 0. The fraction of sp³-hybridized carbons (Fsp3) is 0.294. The molecule has 0 fully saturated rings. The number of carbonyl (C=O) groups is 1. The van der Waals surface area contributed by atoms with Gasteiger partial charge < -0.3 is 14.3 Å². The maximum absolute atomic E-state index is 12.5. The van der Waals surface area contributed by atoms with Gasteiger partial charge in [-0.1, -0.05) is 23.7 Å². The lowest BCUT2D eigenvalue weighted by Crippen LogP contribution is -2.28. The molecule has 1 unspecified atom stereocenters. The number of hydrogen-bond acceptors (Lipinski definition) is 4. The largest absolute Gasteiger partial charge is 0.463 e. The number of fused-ring (bicyclic) bond motifs is 1. The van der Waals surface area contributed by atoms with E-state index in [0.717, 1.165) is 17.0 Å². The summed E-state index contributed by atoms with van der Waals surface area (Å²) in [5.74, 6) is 0.733. The quantitative estimate of drug-likeness (QED) is 0.776. The van der Waals surface area contributed by atoms with Crippen molar-refractivity contribution in [3.05, 3.63) is 52.1 Å². The zero-order valence-electron chi connectivity index (χ0n) is 13.1. The molecule has 1 atom stereocenters. The molecule has 0 aliphatic rings. The van der Waals surface area contributed by atoms with Gasteiger partial charge in [-0.05, 0) is 32.0 Å². The minimum absolute atomic E-state index is 0.109. The van der Waals surface area contributed by atoms with Crippen LogP contribution < -0.4 is 5.32 Å². The van der Waals surface area contributed by atoms with E-state index in [0.29, 0.717) is 28.1 Å². The van der Waals surface area contributed by atoms with Crippen LogP contribution >= 0.6 is 11.6 Å². The van der Waals surface area contributed by atoms with E-state index < -0.39 is 0 Å². The molecule has 1 amide bonds. The van der Waals surface area contributed by atoms with Crippen LogP contribution in [0.1, 0.15) is 40.2 Å². The van der Waals surface area contributed by atoms with Gasteiger partial charge in [-0.15, -0.1) is 0 Å². The number of amides is 1. The first kappa shape index (κ1) is 15.6. The van der Waals surface area contributed by atoms with Crippen LogP contribution in [0.2, 0.25) is 5.02 Å². The molecule has 2 aromatic heterocycles. The van der Waals surface area contributed by atoms with Crippen LogP contribution in [0.15, 0.2) is 33.4 Å². The number of carbonyl (C=O) groups excluding carboxylic acids is 1. The van der Waals surface area contributed by atoms with Gasteiger partial charge in [0.05, 0.1) is 22.5 Å². The molecule has 0 radical (unpaired) electrons. The van der Waals surface area contributed by atoms with Crippen LogP contribution in [-0.4, -0.2) is 17.6 Å². The lowest BCUT2D eigenvalue weighted by molar-refractivity contribution is 0.0953. The van der Waals surface area contributed by atoms with E-state index in [-0.39, 0.29) is 11.8 Å². The van der Waals surface area contributed by atoms with Crippen molar-refractivity contribution < 1.29 is 13.7 Å². The van der Waals surface area contributed by atoms with E-state index in [1.807, 2.05) is 20.8 Å². The average molecular weight is 333 g/mol. The Morgan fingerprint density at radius 1 is 1.35 bits per heavy atom. The van der Waals surface area contributed by atoms with Gasteiger partial charge in [0.1, 0.15) is 5.76 Å². The van der Waals surface area contributed by atoms with E-state index in [2.05, 4.69) is 10.5 Å². The zero-order chi connectivity index (χ0) is 16.6. The molecular weight excluding hydrogens is 316 g/mol. The highest BCUT2D eigenvalue weighted by molar-refractivity contribution is 6.35. The summed E-state index contributed by atoms with van der Waals surface area (Å²) in [6, 6.07) is 5.12. The molecule has 5 nitrogen and oxygen atoms in total. The Kier molecular flexibility index (Phi) is 4.13. The molecule has 0 aliphatic carbocycles.